The van der Waals surface area contributed by atoms with Crippen molar-refractivity contribution in [2.45, 2.75) is 32.9 Å². The molecule has 0 aliphatic carbocycles. The molecule has 25 heavy (non-hydrogen) atoms. The van der Waals surface area contributed by atoms with Crippen LogP contribution in [0.3, 0.4) is 0 Å². The molecule has 0 heterocycles. The highest BCUT2D eigenvalue weighted by Crippen LogP contribution is 2.52. The minimum Gasteiger partial charge on any atom is -0.416 e. The summed E-state index contributed by atoms with van der Waals surface area (Å²) in [5, 5.41) is 0. The van der Waals surface area contributed by atoms with E-state index in [1.165, 1.54) is 24.3 Å². The van der Waals surface area contributed by atoms with Crippen LogP contribution in [0.1, 0.15) is 25.0 Å². The van der Waals surface area contributed by atoms with E-state index >= 15 is 0 Å². The van der Waals surface area contributed by atoms with Gasteiger partial charge in [-0.05, 0) is 48.2 Å². The molecule has 0 saturated heterocycles. The number of hydrogen-bond donors (Lipinski definition) is 0. The molecule has 0 aromatic heterocycles. The highest BCUT2D eigenvalue weighted by atomic mass is 31.2. The van der Waals surface area contributed by atoms with Gasteiger partial charge in [-0.3, -0.25) is 0 Å². The van der Waals surface area contributed by atoms with Gasteiger partial charge in [-0.15, -0.1) is 0 Å². The van der Waals surface area contributed by atoms with Gasteiger partial charge in [-0.25, -0.2) is 4.57 Å². The van der Waals surface area contributed by atoms with Gasteiger partial charge in [0.1, 0.15) is 11.5 Å². The molecule has 0 N–H and O–H groups in total. The summed E-state index contributed by atoms with van der Waals surface area (Å²) in [6, 6.07) is 12.8. The van der Waals surface area contributed by atoms with E-state index in [4.69, 9.17) is 9.05 Å². The Hall–Kier alpha value is -1.94. The van der Waals surface area contributed by atoms with E-state index in [0.29, 0.717) is 0 Å². The van der Waals surface area contributed by atoms with Crippen molar-refractivity contribution in [2.24, 2.45) is 0 Å². The molecule has 0 fully saturated rings. The zero-order chi connectivity index (χ0) is 18.5. The fourth-order valence-electron chi connectivity index (χ4n) is 2.20. The first-order valence-electron chi connectivity index (χ1n) is 7.96. The zero-order valence-electron chi connectivity index (χ0n) is 14.0. The molecule has 0 aliphatic heterocycles. The van der Waals surface area contributed by atoms with Crippen molar-refractivity contribution in [3.05, 3.63) is 59.7 Å². The lowest BCUT2D eigenvalue weighted by Gasteiger charge is -2.21. The Morgan fingerprint density at radius 1 is 0.800 bits per heavy atom. The van der Waals surface area contributed by atoms with Crippen molar-refractivity contribution < 1.29 is 26.8 Å². The molecule has 7 heteroatoms. The SMILES string of the molecule is CCc1ccc(OP(=O)(CC(F)(F)F)Oc2ccc(CC)cc2)cc1. The monoisotopic (exact) mass is 372 g/mol. The van der Waals surface area contributed by atoms with Gasteiger partial charge in [0, 0.05) is 0 Å². The molecule has 0 aliphatic rings. The molecule has 0 radical (unpaired) electrons. The zero-order valence-corrected chi connectivity index (χ0v) is 14.9. The maximum absolute atomic E-state index is 12.9. The Labute approximate surface area is 145 Å². The van der Waals surface area contributed by atoms with Gasteiger partial charge >= 0.3 is 13.8 Å². The van der Waals surface area contributed by atoms with E-state index in [1.54, 1.807) is 24.3 Å². The van der Waals surface area contributed by atoms with Crippen LogP contribution in [-0.2, 0) is 17.4 Å². The fourth-order valence-corrected chi connectivity index (χ4v) is 3.69. The van der Waals surface area contributed by atoms with Crippen molar-refractivity contribution in [3.63, 3.8) is 0 Å². The van der Waals surface area contributed by atoms with Gasteiger partial charge in [-0.1, -0.05) is 38.1 Å². The van der Waals surface area contributed by atoms with Crippen molar-refractivity contribution in [1.29, 1.82) is 0 Å². The van der Waals surface area contributed by atoms with Crippen molar-refractivity contribution in [3.8, 4) is 11.5 Å². The first kappa shape index (κ1) is 19.4. The normalized spacial score (nSPS) is 12.0. The second-order valence-electron chi connectivity index (χ2n) is 5.56. The summed E-state index contributed by atoms with van der Waals surface area (Å²) in [4.78, 5) is 0. The van der Waals surface area contributed by atoms with E-state index in [9.17, 15) is 17.7 Å². The van der Waals surface area contributed by atoms with Crippen LogP contribution in [0.5, 0.6) is 11.5 Å². The summed E-state index contributed by atoms with van der Waals surface area (Å²) in [5.41, 5.74) is 1.99. The standard InChI is InChI=1S/C18H20F3O3P/c1-3-14-5-9-16(10-6-14)23-25(22,13-18(19,20)21)24-17-11-7-15(4-2)8-12-17/h5-12H,3-4,13H2,1-2H3. The summed E-state index contributed by atoms with van der Waals surface area (Å²) >= 11 is 0. The van der Waals surface area contributed by atoms with Crippen LogP contribution in [-0.4, -0.2) is 12.3 Å². The molecule has 0 atom stereocenters. The maximum atomic E-state index is 12.9. The van der Waals surface area contributed by atoms with E-state index < -0.39 is 19.9 Å². The van der Waals surface area contributed by atoms with Gasteiger partial charge in [0.25, 0.3) is 0 Å². The molecule has 2 aromatic carbocycles. The molecule has 0 unspecified atom stereocenters. The lowest BCUT2D eigenvalue weighted by atomic mass is 10.2. The minimum atomic E-state index is -4.68. The Kier molecular flexibility index (Phi) is 6.17. The van der Waals surface area contributed by atoms with E-state index in [2.05, 4.69) is 0 Å². The van der Waals surface area contributed by atoms with E-state index in [-0.39, 0.29) is 11.5 Å². The highest BCUT2D eigenvalue weighted by Gasteiger charge is 2.43. The van der Waals surface area contributed by atoms with Gasteiger partial charge < -0.3 is 9.05 Å². The number of rotatable bonds is 7. The molecule has 2 aromatic rings. The van der Waals surface area contributed by atoms with E-state index in [0.717, 1.165) is 24.0 Å². The number of aryl methyl sites for hydroxylation is 2. The van der Waals surface area contributed by atoms with Crippen LogP contribution in [0.4, 0.5) is 13.2 Å². The average Bonchev–Trinajstić information content (AvgIpc) is 2.54. The van der Waals surface area contributed by atoms with Crippen LogP contribution in [0, 0.1) is 0 Å². The lowest BCUT2D eigenvalue weighted by molar-refractivity contribution is -0.108. The first-order chi connectivity index (χ1) is 11.7. The maximum Gasteiger partial charge on any atom is 0.439 e. The van der Waals surface area contributed by atoms with Crippen LogP contribution >= 0.6 is 7.60 Å². The largest absolute Gasteiger partial charge is 0.439 e. The third-order valence-electron chi connectivity index (χ3n) is 3.53. The molecular weight excluding hydrogens is 352 g/mol. The topological polar surface area (TPSA) is 35.5 Å². The second kappa shape index (κ2) is 7.96. The van der Waals surface area contributed by atoms with Crippen LogP contribution in [0.15, 0.2) is 48.5 Å². The third kappa shape index (κ3) is 6.13. The molecule has 3 nitrogen and oxygen atoms in total. The fraction of sp³-hybridized carbons (Fsp3) is 0.333. The summed E-state index contributed by atoms with van der Waals surface area (Å²) in [7, 11) is -4.46. The summed E-state index contributed by atoms with van der Waals surface area (Å²) in [6.07, 6.45) is -4.78. The summed E-state index contributed by atoms with van der Waals surface area (Å²) in [5.74, 6) is 0.157. The Bertz CT molecular complexity index is 671. The molecule has 0 saturated carbocycles. The predicted molar refractivity (Wildman–Crippen MR) is 91.4 cm³/mol. The quantitative estimate of drug-likeness (QED) is 0.557. The average molecular weight is 372 g/mol. The van der Waals surface area contributed by atoms with Crippen LogP contribution < -0.4 is 9.05 Å². The number of halogens is 3. The van der Waals surface area contributed by atoms with E-state index in [1.807, 2.05) is 13.8 Å². The molecule has 0 amide bonds. The smallest absolute Gasteiger partial charge is 0.416 e. The van der Waals surface area contributed by atoms with Crippen molar-refractivity contribution >= 4 is 7.60 Å². The van der Waals surface area contributed by atoms with Gasteiger partial charge in [0.05, 0.1) is 0 Å². The molecule has 0 spiro atoms. The summed E-state index contributed by atoms with van der Waals surface area (Å²) < 4.78 is 61.6. The molecule has 136 valence electrons. The number of benzene rings is 2. The molecule has 0 bridgehead atoms. The van der Waals surface area contributed by atoms with Gasteiger partial charge in [0.15, 0.2) is 6.16 Å². The van der Waals surface area contributed by atoms with Crippen molar-refractivity contribution in [1.82, 2.24) is 0 Å². The second-order valence-corrected chi connectivity index (χ2v) is 7.46. The number of alkyl halides is 3. The van der Waals surface area contributed by atoms with Crippen molar-refractivity contribution in [2.75, 3.05) is 6.16 Å². The Morgan fingerprint density at radius 3 is 1.44 bits per heavy atom. The predicted octanol–water partition coefficient (Wildman–Crippen LogP) is 6.02. The molecular formula is C18H20F3O3P. The third-order valence-corrected chi connectivity index (χ3v) is 5.25. The van der Waals surface area contributed by atoms with Gasteiger partial charge in [0.2, 0.25) is 0 Å². The highest BCUT2D eigenvalue weighted by molar-refractivity contribution is 7.54. The minimum absolute atomic E-state index is 0.0787. The lowest BCUT2D eigenvalue weighted by Crippen LogP contribution is -2.19. The first-order valence-corrected chi connectivity index (χ1v) is 9.68. The Morgan fingerprint density at radius 2 is 1.16 bits per heavy atom. The molecule has 2 rings (SSSR count). The van der Waals surface area contributed by atoms with Gasteiger partial charge in [-0.2, -0.15) is 13.2 Å². The van der Waals surface area contributed by atoms with Crippen LogP contribution in [0.25, 0.3) is 0 Å². The van der Waals surface area contributed by atoms with Crippen LogP contribution in [0.2, 0.25) is 0 Å². The summed E-state index contributed by atoms with van der Waals surface area (Å²) in [6.45, 7) is 3.90. The Balaban J connectivity index is 2.23. The number of hydrogen-bond acceptors (Lipinski definition) is 3.